The van der Waals surface area contributed by atoms with E-state index in [1.165, 1.54) is 0 Å². The van der Waals surface area contributed by atoms with Gasteiger partial charge in [0, 0.05) is 6.42 Å². The standard InChI is InChI=1S/C13H16O2/c1-3-13(9-10(2)12(14)15-13)11-7-5-4-6-8-11/h4-8,10H,3,9H2,1-2H3/t10-,13+/m1/s1. The van der Waals surface area contributed by atoms with Gasteiger partial charge in [0.05, 0.1) is 5.92 Å². The molecule has 2 rings (SSSR count). The Labute approximate surface area is 90.3 Å². The molecule has 1 aromatic rings. The van der Waals surface area contributed by atoms with Gasteiger partial charge >= 0.3 is 5.97 Å². The lowest BCUT2D eigenvalue weighted by Crippen LogP contribution is -2.24. The van der Waals surface area contributed by atoms with Gasteiger partial charge in [0.1, 0.15) is 5.60 Å². The first-order valence-electron chi connectivity index (χ1n) is 5.46. The summed E-state index contributed by atoms with van der Waals surface area (Å²) in [5.74, 6) is -0.0501. The minimum absolute atomic E-state index is 0.0187. The molecule has 2 heteroatoms. The predicted molar refractivity (Wildman–Crippen MR) is 58.3 cm³/mol. The van der Waals surface area contributed by atoms with Gasteiger partial charge < -0.3 is 4.74 Å². The molecule has 0 spiro atoms. The van der Waals surface area contributed by atoms with Gasteiger partial charge in [-0.1, -0.05) is 44.2 Å². The van der Waals surface area contributed by atoms with Crippen molar-refractivity contribution in [1.29, 1.82) is 0 Å². The summed E-state index contributed by atoms with van der Waals surface area (Å²) in [6.07, 6.45) is 1.64. The lowest BCUT2D eigenvalue weighted by atomic mass is 9.86. The first kappa shape index (κ1) is 10.2. The van der Waals surface area contributed by atoms with Crippen LogP contribution in [0.3, 0.4) is 0 Å². The number of carbonyl (C=O) groups excluding carboxylic acids is 1. The number of hydrogen-bond acceptors (Lipinski definition) is 2. The van der Waals surface area contributed by atoms with Crippen LogP contribution in [0.1, 0.15) is 32.3 Å². The second-order valence-electron chi connectivity index (χ2n) is 4.24. The monoisotopic (exact) mass is 204 g/mol. The van der Waals surface area contributed by atoms with Gasteiger partial charge in [-0.15, -0.1) is 0 Å². The second-order valence-corrected chi connectivity index (χ2v) is 4.24. The van der Waals surface area contributed by atoms with Crippen molar-refractivity contribution in [1.82, 2.24) is 0 Å². The van der Waals surface area contributed by atoms with E-state index in [0.717, 1.165) is 18.4 Å². The number of esters is 1. The third kappa shape index (κ3) is 1.65. The zero-order chi connectivity index (χ0) is 10.9. The minimum atomic E-state index is -0.377. The van der Waals surface area contributed by atoms with Gasteiger partial charge in [-0.05, 0) is 12.0 Å². The van der Waals surface area contributed by atoms with E-state index in [9.17, 15) is 4.79 Å². The summed E-state index contributed by atoms with van der Waals surface area (Å²) in [7, 11) is 0. The topological polar surface area (TPSA) is 26.3 Å². The highest BCUT2D eigenvalue weighted by molar-refractivity contribution is 5.75. The van der Waals surface area contributed by atoms with Gasteiger partial charge in [-0.2, -0.15) is 0 Å². The lowest BCUT2D eigenvalue weighted by Gasteiger charge is -2.26. The van der Waals surface area contributed by atoms with Crippen LogP contribution in [0.4, 0.5) is 0 Å². The smallest absolute Gasteiger partial charge is 0.309 e. The van der Waals surface area contributed by atoms with Crippen LogP contribution in [0.15, 0.2) is 30.3 Å². The summed E-state index contributed by atoms with van der Waals surface area (Å²) in [6.45, 7) is 4.00. The molecule has 2 nitrogen and oxygen atoms in total. The zero-order valence-electron chi connectivity index (χ0n) is 9.19. The van der Waals surface area contributed by atoms with E-state index in [0.29, 0.717) is 0 Å². The first-order valence-corrected chi connectivity index (χ1v) is 5.46. The van der Waals surface area contributed by atoms with Crippen LogP contribution in [0.25, 0.3) is 0 Å². The van der Waals surface area contributed by atoms with Gasteiger partial charge in [0.25, 0.3) is 0 Å². The average molecular weight is 204 g/mol. The van der Waals surface area contributed by atoms with Crippen LogP contribution in [0, 0.1) is 5.92 Å². The number of cyclic esters (lactones) is 1. The molecule has 0 bridgehead atoms. The molecule has 15 heavy (non-hydrogen) atoms. The number of hydrogen-bond donors (Lipinski definition) is 0. The maximum Gasteiger partial charge on any atom is 0.309 e. The van der Waals surface area contributed by atoms with Crippen molar-refractivity contribution in [2.24, 2.45) is 5.92 Å². The van der Waals surface area contributed by atoms with Crippen molar-refractivity contribution < 1.29 is 9.53 Å². The number of rotatable bonds is 2. The van der Waals surface area contributed by atoms with Crippen molar-refractivity contribution >= 4 is 5.97 Å². The van der Waals surface area contributed by atoms with E-state index >= 15 is 0 Å². The van der Waals surface area contributed by atoms with Crippen molar-refractivity contribution in [2.45, 2.75) is 32.3 Å². The highest BCUT2D eigenvalue weighted by Gasteiger charge is 2.44. The quantitative estimate of drug-likeness (QED) is 0.692. The molecule has 1 aliphatic rings. The van der Waals surface area contributed by atoms with E-state index in [1.54, 1.807) is 0 Å². The highest BCUT2D eigenvalue weighted by atomic mass is 16.6. The molecule has 1 aliphatic heterocycles. The fourth-order valence-corrected chi connectivity index (χ4v) is 2.25. The molecule has 0 saturated carbocycles. The molecule has 1 heterocycles. The fourth-order valence-electron chi connectivity index (χ4n) is 2.25. The van der Waals surface area contributed by atoms with E-state index in [-0.39, 0.29) is 17.5 Å². The van der Waals surface area contributed by atoms with Crippen LogP contribution in [0.2, 0.25) is 0 Å². The summed E-state index contributed by atoms with van der Waals surface area (Å²) in [5.41, 5.74) is 0.739. The second kappa shape index (κ2) is 3.69. The van der Waals surface area contributed by atoms with E-state index < -0.39 is 0 Å². The summed E-state index contributed by atoms with van der Waals surface area (Å²) in [5, 5.41) is 0. The molecule has 80 valence electrons. The Morgan fingerprint density at radius 2 is 2.07 bits per heavy atom. The Balaban J connectivity index is 2.36. The highest BCUT2D eigenvalue weighted by Crippen LogP contribution is 2.42. The van der Waals surface area contributed by atoms with E-state index in [2.05, 4.69) is 6.92 Å². The number of ether oxygens (including phenoxy) is 1. The molecule has 0 radical (unpaired) electrons. The van der Waals surface area contributed by atoms with Gasteiger partial charge in [0.2, 0.25) is 0 Å². The molecule has 0 aromatic heterocycles. The Bertz CT molecular complexity index is 358. The Hall–Kier alpha value is -1.31. The van der Waals surface area contributed by atoms with E-state index in [4.69, 9.17) is 4.74 Å². The van der Waals surface area contributed by atoms with Crippen molar-refractivity contribution in [3.8, 4) is 0 Å². The lowest BCUT2D eigenvalue weighted by molar-refractivity contribution is -0.151. The number of carbonyl (C=O) groups is 1. The molecule has 1 aromatic carbocycles. The number of benzene rings is 1. The van der Waals surface area contributed by atoms with Crippen LogP contribution in [-0.2, 0) is 15.1 Å². The molecular formula is C13H16O2. The first-order chi connectivity index (χ1) is 7.18. The Kier molecular flexibility index (Phi) is 2.51. The van der Waals surface area contributed by atoms with Crippen LogP contribution >= 0.6 is 0 Å². The maximum absolute atomic E-state index is 11.5. The normalized spacial score (nSPS) is 30.3. The molecule has 0 unspecified atom stereocenters. The van der Waals surface area contributed by atoms with Crippen LogP contribution in [-0.4, -0.2) is 5.97 Å². The van der Waals surface area contributed by atoms with Crippen molar-refractivity contribution in [2.75, 3.05) is 0 Å². The molecule has 1 fully saturated rings. The van der Waals surface area contributed by atoms with Crippen molar-refractivity contribution in [3.05, 3.63) is 35.9 Å². The van der Waals surface area contributed by atoms with Gasteiger partial charge in [-0.25, -0.2) is 0 Å². The summed E-state index contributed by atoms with van der Waals surface area (Å²) in [4.78, 5) is 11.5. The maximum atomic E-state index is 11.5. The van der Waals surface area contributed by atoms with Crippen LogP contribution in [0.5, 0.6) is 0 Å². The molecule has 0 aliphatic carbocycles. The third-order valence-corrected chi connectivity index (χ3v) is 3.21. The Morgan fingerprint density at radius 3 is 2.53 bits per heavy atom. The molecule has 2 atom stereocenters. The predicted octanol–water partition coefficient (Wildman–Crippen LogP) is 2.87. The molecule has 0 amide bonds. The molecular weight excluding hydrogens is 188 g/mol. The van der Waals surface area contributed by atoms with Gasteiger partial charge in [-0.3, -0.25) is 4.79 Å². The average Bonchev–Trinajstić information content (AvgIpc) is 2.57. The zero-order valence-corrected chi connectivity index (χ0v) is 9.19. The largest absolute Gasteiger partial charge is 0.454 e. The third-order valence-electron chi connectivity index (χ3n) is 3.21. The van der Waals surface area contributed by atoms with Crippen molar-refractivity contribution in [3.63, 3.8) is 0 Å². The summed E-state index contributed by atoms with van der Waals surface area (Å²) < 4.78 is 5.56. The SMILES string of the molecule is CC[C@@]1(c2ccccc2)C[C@@H](C)C(=O)O1. The summed E-state index contributed by atoms with van der Waals surface area (Å²) >= 11 is 0. The molecule has 0 N–H and O–H groups in total. The minimum Gasteiger partial charge on any atom is -0.454 e. The Morgan fingerprint density at radius 1 is 1.40 bits per heavy atom. The molecule has 1 saturated heterocycles. The van der Waals surface area contributed by atoms with E-state index in [1.807, 2.05) is 37.3 Å². The van der Waals surface area contributed by atoms with Crippen LogP contribution < -0.4 is 0 Å². The fraction of sp³-hybridized carbons (Fsp3) is 0.462. The summed E-state index contributed by atoms with van der Waals surface area (Å²) in [6, 6.07) is 10.0. The van der Waals surface area contributed by atoms with Gasteiger partial charge in [0.15, 0.2) is 0 Å².